The van der Waals surface area contributed by atoms with Crippen LogP contribution in [0.2, 0.25) is 0 Å². The Labute approximate surface area is 86.3 Å². The van der Waals surface area contributed by atoms with Crippen molar-refractivity contribution in [2.24, 2.45) is 11.8 Å². The Morgan fingerprint density at radius 2 is 1.86 bits per heavy atom. The molecule has 0 aromatic carbocycles. The van der Waals surface area contributed by atoms with E-state index in [4.69, 9.17) is 0 Å². The first-order valence-corrected chi connectivity index (χ1v) is 5.49. The minimum absolute atomic E-state index is 0.0592. The second kappa shape index (κ2) is 7.54. The molecule has 0 aliphatic heterocycles. The lowest BCUT2D eigenvalue weighted by Crippen LogP contribution is -2.34. The van der Waals surface area contributed by atoms with Gasteiger partial charge in [-0.1, -0.05) is 33.6 Å². The third-order valence-electron chi connectivity index (χ3n) is 2.65. The zero-order valence-electron chi connectivity index (χ0n) is 9.38. The van der Waals surface area contributed by atoms with Crippen LogP contribution in [0.25, 0.3) is 0 Å². The van der Waals surface area contributed by atoms with Crippen molar-refractivity contribution in [3.8, 4) is 0 Å². The monoisotopic (exact) mass is 199 g/mol. The van der Waals surface area contributed by atoms with Gasteiger partial charge in [0.05, 0.1) is 0 Å². The van der Waals surface area contributed by atoms with Crippen LogP contribution in [-0.4, -0.2) is 12.3 Å². The standard InChI is InChI=1S/C9H15NO2.C2H6/c1-7-4-2-3-5-8(7)9(12)10-6-11;1-2/h6-8H,2-5H2,1H3,(H,10,11,12);1-2H3. The Kier molecular flexibility index (Phi) is 7.07. The molecule has 1 aliphatic carbocycles. The summed E-state index contributed by atoms with van der Waals surface area (Å²) >= 11 is 0. The Hall–Kier alpha value is -0.860. The Morgan fingerprint density at radius 1 is 1.29 bits per heavy atom. The molecule has 2 atom stereocenters. The van der Waals surface area contributed by atoms with Crippen LogP contribution in [0, 0.1) is 11.8 Å². The highest BCUT2D eigenvalue weighted by molar-refractivity contribution is 5.87. The van der Waals surface area contributed by atoms with Gasteiger partial charge in [0.2, 0.25) is 12.3 Å². The van der Waals surface area contributed by atoms with Crippen molar-refractivity contribution in [2.75, 3.05) is 0 Å². The molecular weight excluding hydrogens is 178 g/mol. The summed E-state index contributed by atoms with van der Waals surface area (Å²) in [4.78, 5) is 21.3. The van der Waals surface area contributed by atoms with Crippen LogP contribution in [0.5, 0.6) is 0 Å². The third kappa shape index (κ3) is 3.90. The molecule has 0 saturated heterocycles. The summed E-state index contributed by atoms with van der Waals surface area (Å²) < 4.78 is 0. The number of carbonyl (C=O) groups excluding carboxylic acids is 2. The predicted octanol–water partition coefficient (Wildman–Crippen LogP) is 2.11. The summed E-state index contributed by atoms with van der Waals surface area (Å²) in [7, 11) is 0. The van der Waals surface area contributed by atoms with E-state index in [1.165, 1.54) is 6.42 Å². The SMILES string of the molecule is CC.CC1CCCCC1C(=O)NC=O. The van der Waals surface area contributed by atoms with Crippen LogP contribution >= 0.6 is 0 Å². The molecule has 1 rings (SSSR count). The number of nitrogens with one attached hydrogen (secondary N) is 1. The van der Waals surface area contributed by atoms with Gasteiger partial charge in [0.15, 0.2) is 0 Å². The van der Waals surface area contributed by atoms with Crippen LogP contribution < -0.4 is 5.32 Å². The fourth-order valence-corrected chi connectivity index (χ4v) is 1.87. The van der Waals surface area contributed by atoms with E-state index in [1.54, 1.807) is 0 Å². The normalized spacial score (nSPS) is 25.6. The highest BCUT2D eigenvalue weighted by Crippen LogP contribution is 2.29. The van der Waals surface area contributed by atoms with Gasteiger partial charge in [-0.2, -0.15) is 0 Å². The molecule has 0 aromatic rings. The molecule has 0 radical (unpaired) electrons. The van der Waals surface area contributed by atoms with Crippen molar-refractivity contribution >= 4 is 12.3 Å². The molecule has 14 heavy (non-hydrogen) atoms. The van der Waals surface area contributed by atoms with E-state index in [0.717, 1.165) is 19.3 Å². The third-order valence-corrected chi connectivity index (χ3v) is 2.65. The van der Waals surface area contributed by atoms with Crippen molar-refractivity contribution in [1.82, 2.24) is 5.32 Å². The van der Waals surface area contributed by atoms with Gasteiger partial charge in [0.25, 0.3) is 0 Å². The van der Waals surface area contributed by atoms with Gasteiger partial charge in [0, 0.05) is 5.92 Å². The van der Waals surface area contributed by atoms with Crippen molar-refractivity contribution in [3.05, 3.63) is 0 Å². The molecule has 82 valence electrons. The van der Waals surface area contributed by atoms with Gasteiger partial charge < -0.3 is 0 Å². The Bertz CT molecular complexity index is 180. The summed E-state index contributed by atoms with van der Waals surface area (Å²) in [5.41, 5.74) is 0. The second-order valence-corrected chi connectivity index (χ2v) is 3.49. The van der Waals surface area contributed by atoms with E-state index >= 15 is 0 Å². The highest BCUT2D eigenvalue weighted by atomic mass is 16.2. The fourth-order valence-electron chi connectivity index (χ4n) is 1.87. The molecule has 0 spiro atoms. The smallest absolute Gasteiger partial charge is 0.229 e. The van der Waals surface area contributed by atoms with Crippen LogP contribution in [0.4, 0.5) is 0 Å². The lowest BCUT2D eigenvalue weighted by Gasteiger charge is -2.26. The lowest BCUT2D eigenvalue weighted by atomic mass is 9.80. The van der Waals surface area contributed by atoms with E-state index in [1.807, 2.05) is 13.8 Å². The van der Waals surface area contributed by atoms with Gasteiger partial charge in [-0.25, -0.2) is 0 Å². The van der Waals surface area contributed by atoms with Crippen LogP contribution in [-0.2, 0) is 9.59 Å². The molecule has 1 saturated carbocycles. The fraction of sp³-hybridized carbons (Fsp3) is 0.818. The maximum absolute atomic E-state index is 11.3. The molecule has 0 heterocycles. The van der Waals surface area contributed by atoms with E-state index in [9.17, 15) is 9.59 Å². The van der Waals surface area contributed by atoms with Gasteiger partial charge in [0.1, 0.15) is 0 Å². The van der Waals surface area contributed by atoms with E-state index in [-0.39, 0.29) is 11.8 Å². The quantitative estimate of drug-likeness (QED) is 0.692. The summed E-state index contributed by atoms with van der Waals surface area (Å²) in [6.07, 6.45) is 4.84. The van der Waals surface area contributed by atoms with Gasteiger partial charge in [-0.15, -0.1) is 0 Å². The van der Waals surface area contributed by atoms with Crippen molar-refractivity contribution in [3.63, 3.8) is 0 Å². The first kappa shape index (κ1) is 13.1. The Balaban J connectivity index is 0.000000791. The maximum atomic E-state index is 11.3. The van der Waals surface area contributed by atoms with Crippen molar-refractivity contribution < 1.29 is 9.59 Å². The van der Waals surface area contributed by atoms with Crippen LogP contribution in [0.1, 0.15) is 46.5 Å². The van der Waals surface area contributed by atoms with Gasteiger partial charge >= 0.3 is 0 Å². The second-order valence-electron chi connectivity index (χ2n) is 3.49. The number of rotatable bonds is 2. The van der Waals surface area contributed by atoms with Crippen molar-refractivity contribution in [1.29, 1.82) is 0 Å². The summed E-state index contributed by atoms with van der Waals surface area (Å²) in [6.45, 7) is 6.08. The molecule has 2 unspecified atom stereocenters. The predicted molar refractivity (Wildman–Crippen MR) is 56.7 cm³/mol. The average Bonchev–Trinajstić information content (AvgIpc) is 2.22. The number of amides is 2. The largest absolute Gasteiger partial charge is 0.299 e. The summed E-state index contributed by atoms with van der Waals surface area (Å²) in [5, 5.41) is 2.23. The number of hydrogen-bond acceptors (Lipinski definition) is 2. The molecule has 1 fully saturated rings. The van der Waals surface area contributed by atoms with Crippen LogP contribution in [0.3, 0.4) is 0 Å². The number of carbonyl (C=O) groups is 2. The maximum Gasteiger partial charge on any atom is 0.229 e. The molecule has 0 bridgehead atoms. The van der Waals surface area contributed by atoms with E-state index < -0.39 is 0 Å². The van der Waals surface area contributed by atoms with E-state index in [2.05, 4.69) is 12.2 Å². The molecule has 2 amide bonds. The van der Waals surface area contributed by atoms with Crippen molar-refractivity contribution in [2.45, 2.75) is 46.5 Å². The number of imide groups is 1. The lowest BCUT2D eigenvalue weighted by molar-refractivity contribution is -0.130. The highest BCUT2D eigenvalue weighted by Gasteiger charge is 2.27. The molecule has 0 aromatic heterocycles. The van der Waals surface area contributed by atoms with Crippen LogP contribution in [0.15, 0.2) is 0 Å². The number of hydrogen-bond donors (Lipinski definition) is 1. The molecule has 3 nitrogen and oxygen atoms in total. The molecule has 3 heteroatoms. The molecule has 1 aliphatic rings. The topological polar surface area (TPSA) is 46.2 Å². The van der Waals surface area contributed by atoms with Gasteiger partial charge in [-0.3, -0.25) is 14.9 Å². The first-order chi connectivity index (χ1) is 6.75. The van der Waals surface area contributed by atoms with E-state index in [0.29, 0.717) is 12.3 Å². The minimum Gasteiger partial charge on any atom is -0.299 e. The zero-order valence-corrected chi connectivity index (χ0v) is 9.38. The summed E-state index contributed by atoms with van der Waals surface area (Å²) in [6, 6.07) is 0. The first-order valence-electron chi connectivity index (χ1n) is 5.49. The molecular formula is C11H21NO2. The summed E-state index contributed by atoms with van der Waals surface area (Å²) in [5.74, 6) is 0.389. The average molecular weight is 199 g/mol. The Morgan fingerprint density at radius 3 is 2.36 bits per heavy atom. The van der Waals surface area contributed by atoms with Gasteiger partial charge in [-0.05, 0) is 18.8 Å². The molecule has 1 N–H and O–H groups in total. The zero-order chi connectivity index (χ0) is 11.0. The minimum atomic E-state index is -0.0998.